The Hall–Kier alpha value is -1.88. The molecule has 0 radical (unpaired) electrons. The van der Waals surface area contributed by atoms with Crippen LogP contribution in [0.3, 0.4) is 0 Å². The maximum Gasteiger partial charge on any atom is 0.184 e. The largest absolute Gasteiger partial charge is 0.507 e. The molecule has 0 heterocycles. The number of hydrogen-bond acceptors (Lipinski definition) is 3. The summed E-state index contributed by atoms with van der Waals surface area (Å²) in [6.45, 7) is 1.93. The average Bonchev–Trinajstić information content (AvgIpc) is 2.22. The van der Waals surface area contributed by atoms with Crippen LogP contribution in [-0.4, -0.2) is 16.4 Å². The molecule has 16 heavy (non-hydrogen) atoms. The quantitative estimate of drug-likeness (QED) is 0.423. The molecule has 0 amide bonds. The molecular weight excluding hydrogens is 222 g/mol. The summed E-state index contributed by atoms with van der Waals surface area (Å²) in [5, 5.41) is 13.4. The number of phenols is 1. The second-order valence-electron chi connectivity index (χ2n) is 3.05. The molecule has 0 spiro atoms. The average molecular weight is 235 g/mol. The van der Waals surface area contributed by atoms with Crippen molar-refractivity contribution in [3.8, 4) is 5.75 Å². The SMILES string of the molecule is C/C=C/c1ccc(O)c(/C=N/NC(N)=S)c1. The first-order chi connectivity index (χ1) is 7.63. The van der Waals surface area contributed by atoms with E-state index in [4.69, 9.17) is 5.73 Å². The first-order valence-corrected chi connectivity index (χ1v) is 5.08. The molecule has 0 saturated carbocycles. The molecular formula is C11H13N3OS. The Kier molecular flexibility index (Phi) is 4.47. The molecule has 0 aliphatic carbocycles. The molecule has 0 aliphatic rings. The normalized spacial score (nSPS) is 11.1. The van der Waals surface area contributed by atoms with E-state index in [1.807, 2.05) is 25.1 Å². The Morgan fingerprint density at radius 2 is 2.31 bits per heavy atom. The van der Waals surface area contributed by atoms with Crippen molar-refractivity contribution in [2.45, 2.75) is 6.92 Å². The van der Waals surface area contributed by atoms with Crippen molar-refractivity contribution in [2.24, 2.45) is 10.8 Å². The van der Waals surface area contributed by atoms with Gasteiger partial charge in [0.1, 0.15) is 5.75 Å². The van der Waals surface area contributed by atoms with Crippen LogP contribution < -0.4 is 11.2 Å². The molecule has 5 heteroatoms. The van der Waals surface area contributed by atoms with Crippen LogP contribution in [0.2, 0.25) is 0 Å². The van der Waals surface area contributed by atoms with E-state index >= 15 is 0 Å². The fourth-order valence-electron chi connectivity index (χ4n) is 1.14. The maximum absolute atomic E-state index is 9.56. The summed E-state index contributed by atoms with van der Waals surface area (Å²) < 4.78 is 0. The van der Waals surface area contributed by atoms with Gasteiger partial charge in [-0.3, -0.25) is 5.43 Å². The van der Waals surface area contributed by atoms with Gasteiger partial charge in [0.2, 0.25) is 0 Å². The van der Waals surface area contributed by atoms with Gasteiger partial charge in [0, 0.05) is 5.56 Å². The van der Waals surface area contributed by atoms with Gasteiger partial charge >= 0.3 is 0 Å². The molecule has 84 valence electrons. The Morgan fingerprint density at radius 3 is 2.94 bits per heavy atom. The van der Waals surface area contributed by atoms with Gasteiger partial charge in [-0.05, 0) is 36.8 Å². The van der Waals surface area contributed by atoms with E-state index in [1.165, 1.54) is 6.21 Å². The van der Waals surface area contributed by atoms with E-state index in [0.29, 0.717) is 5.56 Å². The predicted molar refractivity (Wildman–Crippen MR) is 70.3 cm³/mol. The van der Waals surface area contributed by atoms with Crippen LogP contribution in [0.25, 0.3) is 6.08 Å². The number of phenolic OH excluding ortho intramolecular Hbond substituents is 1. The van der Waals surface area contributed by atoms with E-state index in [0.717, 1.165) is 5.56 Å². The number of rotatable bonds is 3. The van der Waals surface area contributed by atoms with Crippen LogP contribution in [0.1, 0.15) is 18.1 Å². The van der Waals surface area contributed by atoms with Crippen LogP contribution in [0.4, 0.5) is 0 Å². The van der Waals surface area contributed by atoms with Crippen molar-refractivity contribution in [1.29, 1.82) is 0 Å². The standard InChI is InChI=1S/C11H13N3OS/c1-2-3-8-4-5-10(15)9(6-8)7-13-14-11(12)16/h2-7,15H,1H3,(H3,12,14,16)/b3-2+,13-7+. The van der Waals surface area contributed by atoms with Crippen LogP contribution in [0, 0.1) is 0 Å². The third-order valence-electron chi connectivity index (χ3n) is 1.79. The van der Waals surface area contributed by atoms with Crippen molar-refractivity contribution in [1.82, 2.24) is 5.43 Å². The molecule has 0 aliphatic heterocycles. The van der Waals surface area contributed by atoms with Crippen molar-refractivity contribution in [3.63, 3.8) is 0 Å². The van der Waals surface area contributed by atoms with E-state index in [2.05, 4.69) is 22.7 Å². The summed E-state index contributed by atoms with van der Waals surface area (Å²) in [5.41, 5.74) is 9.21. The van der Waals surface area contributed by atoms with Crippen molar-refractivity contribution < 1.29 is 5.11 Å². The molecule has 4 nitrogen and oxygen atoms in total. The van der Waals surface area contributed by atoms with Crippen molar-refractivity contribution in [2.75, 3.05) is 0 Å². The zero-order valence-electron chi connectivity index (χ0n) is 8.84. The Labute approximate surface area is 99.5 Å². The molecule has 0 saturated heterocycles. The number of nitrogens with two attached hydrogens (primary N) is 1. The number of allylic oxidation sites excluding steroid dienone is 1. The van der Waals surface area contributed by atoms with Crippen LogP contribution >= 0.6 is 12.2 Å². The number of thiocarbonyl (C=S) groups is 1. The molecule has 0 bridgehead atoms. The van der Waals surface area contributed by atoms with Crippen LogP contribution in [-0.2, 0) is 0 Å². The Balaban J connectivity index is 2.89. The number of aromatic hydroxyl groups is 1. The molecule has 0 unspecified atom stereocenters. The summed E-state index contributed by atoms with van der Waals surface area (Å²) in [7, 11) is 0. The maximum atomic E-state index is 9.56. The highest BCUT2D eigenvalue weighted by Gasteiger charge is 1.98. The van der Waals surface area contributed by atoms with Crippen molar-refractivity contribution in [3.05, 3.63) is 35.4 Å². The molecule has 1 aromatic rings. The highest BCUT2D eigenvalue weighted by molar-refractivity contribution is 7.80. The van der Waals surface area contributed by atoms with Gasteiger partial charge in [0.15, 0.2) is 5.11 Å². The highest BCUT2D eigenvalue weighted by atomic mass is 32.1. The van der Waals surface area contributed by atoms with E-state index in [1.54, 1.807) is 12.1 Å². The van der Waals surface area contributed by atoms with Crippen LogP contribution in [0.5, 0.6) is 5.75 Å². The van der Waals surface area contributed by atoms with Gasteiger partial charge in [-0.1, -0.05) is 18.2 Å². The summed E-state index contributed by atoms with van der Waals surface area (Å²) in [6, 6.07) is 5.23. The molecule has 4 N–H and O–H groups in total. The van der Waals surface area contributed by atoms with Gasteiger partial charge < -0.3 is 10.8 Å². The minimum Gasteiger partial charge on any atom is -0.507 e. The lowest BCUT2D eigenvalue weighted by atomic mass is 10.1. The van der Waals surface area contributed by atoms with Gasteiger partial charge in [-0.25, -0.2) is 0 Å². The number of benzene rings is 1. The summed E-state index contributed by atoms with van der Waals surface area (Å²) in [4.78, 5) is 0. The van der Waals surface area contributed by atoms with Gasteiger partial charge in [0.25, 0.3) is 0 Å². The Bertz CT molecular complexity index is 441. The molecule has 0 atom stereocenters. The molecule has 0 fully saturated rings. The minimum absolute atomic E-state index is 0.0837. The highest BCUT2D eigenvalue weighted by Crippen LogP contribution is 2.17. The van der Waals surface area contributed by atoms with Crippen LogP contribution in [0.15, 0.2) is 29.4 Å². The molecule has 0 aromatic heterocycles. The van der Waals surface area contributed by atoms with Gasteiger partial charge in [-0.2, -0.15) is 5.10 Å². The monoisotopic (exact) mass is 235 g/mol. The first-order valence-electron chi connectivity index (χ1n) is 4.67. The fourth-order valence-corrected chi connectivity index (χ4v) is 1.19. The summed E-state index contributed by atoms with van der Waals surface area (Å²) in [5.74, 6) is 0.154. The van der Waals surface area contributed by atoms with E-state index in [-0.39, 0.29) is 10.9 Å². The lowest BCUT2D eigenvalue weighted by Gasteiger charge is -2.00. The lowest BCUT2D eigenvalue weighted by molar-refractivity contribution is 0.474. The van der Waals surface area contributed by atoms with E-state index in [9.17, 15) is 5.11 Å². The number of hydrogen-bond donors (Lipinski definition) is 3. The second kappa shape index (κ2) is 5.87. The number of nitrogens with one attached hydrogen (secondary N) is 1. The molecule has 1 aromatic carbocycles. The van der Waals surface area contributed by atoms with Gasteiger partial charge in [-0.15, -0.1) is 0 Å². The zero-order valence-corrected chi connectivity index (χ0v) is 9.66. The summed E-state index contributed by atoms with van der Waals surface area (Å²) in [6.07, 6.45) is 5.31. The third kappa shape index (κ3) is 3.70. The number of hydrazone groups is 1. The smallest absolute Gasteiger partial charge is 0.184 e. The Morgan fingerprint density at radius 1 is 1.56 bits per heavy atom. The second-order valence-corrected chi connectivity index (χ2v) is 3.49. The first kappa shape index (κ1) is 12.2. The van der Waals surface area contributed by atoms with Crippen molar-refractivity contribution >= 4 is 29.6 Å². The fraction of sp³-hybridized carbons (Fsp3) is 0.0909. The van der Waals surface area contributed by atoms with E-state index < -0.39 is 0 Å². The molecule has 1 rings (SSSR count). The number of nitrogens with zero attached hydrogens (tertiary/aromatic N) is 1. The lowest BCUT2D eigenvalue weighted by Crippen LogP contribution is -2.23. The topological polar surface area (TPSA) is 70.6 Å². The predicted octanol–water partition coefficient (Wildman–Crippen LogP) is 1.59. The van der Waals surface area contributed by atoms with Gasteiger partial charge in [0.05, 0.1) is 6.21 Å². The summed E-state index contributed by atoms with van der Waals surface area (Å²) >= 11 is 4.59. The third-order valence-corrected chi connectivity index (χ3v) is 1.88. The zero-order chi connectivity index (χ0) is 12.0. The minimum atomic E-state index is 0.0837.